The van der Waals surface area contributed by atoms with Crippen LogP contribution in [0.15, 0.2) is 0 Å². The van der Waals surface area contributed by atoms with Crippen molar-refractivity contribution >= 4 is 9.76 Å². The molecule has 0 aliphatic heterocycles. The van der Waals surface area contributed by atoms with Gasteiger partial charge in [0.05, 0.1) is 5.73 Å². The first-order valence-electron chi connectivity index (χ1n) is 3.95. The molecule has 0 amide bonds. The molecule has 0 fully saturated rings. The Labute approximate surface area is 71.3 Å². The lowest BCUT2D eigenvalue weighted by Gasteiger charge is -2.12. The van der Waals surface area contributed by atoms with Crippen molar-refractivity contribution < 1.29 is 14.6 Å². The third kappa shape index (κ3) is 8.00. The highest BCUT2D eigenvalue weighted by molar-refractivity contribution is 6.28. The minimum Gasteiger partial charge on any atom is -0.424 e. The molecule has 0 radical (unpaired) electrons. The maximum absolute atomic E-state index is 5.52. The Kier molecular flexibility index (Phi) is 12.5. The highest BCUT2D eigenvalue weighted by atomic mass is 28.2. The van der Waals surface area contributed by atoms with Crippen LogP contribution in [-0.2, 0) is 9.16 Å². The number of rotatable bonds is 6. The molecule has 0 bridgehead atoms. The topological polar surface area (TPSA) is 50.0 Å². The monoisotopic (exact) mass is 180 g/mol. The van der Waals surface area contributed by atoms with Crippen LogP contribution >= 0.6 is 0 Å². The molecule has 0 saturated carbocycles. The van der Waals surface area contributed by atoms with Crippen molar-refractivity contribution in [3.63, 3.8) is 0 Å². The summed E-state index contributed by atoms with van der Waals surface area (Å²) in [7, 11) is 1.36. The summed E-state index contributed by atoms with van der Waals surface area (Å²) in [6.07, 6.45) is 2.20. The minimum absolute atomic E-state index is 0. The van der Waals surface area contributed by atoms with Crippen molar-refractivity contribution in [2.75, 3.05) is 13.7 Å². The summed E-state index contributed by atoms with van der Waals surface area (Å²) in [6.45, 7) is 5.16. The molecule has 0 heterocycles. The molecule has 3 nitrogen and oxygen atoms in total. The summed E-state index contributed by atoms with van der Waals surface area (Å²) in [6, 6.07) is 0. The first kappa shape index (κ1) is 13.7. The van der Waals surface area contributed by atoms with E-state index in [1.807, 2.05) is 0 Å². The molecule has 11 heavy (non-hydrogen) atoms. The van der Waals surface area contributed by atoms with Crippen LogP contribution in [0.1, 0.15) is 26.7 Å². The van der Waals surface area contributed by atoms with Gasteiger partial charge in [-0.05, 0) is 12.8 Å². The van der Waals surface area contributed by atoms with E-state index in [2.05, 4.69) is 13.8 Å². The van der Waals surface area contributed by atoms with Gasteiger partial charge in [0, 0.05) is 13.7 Å². The fourth-order valence-electron chi connectivity index (χ4n) is 0.754. The molecular formula is C7H20O3Si. The normalized spacial score (nSPS) is 13.4. The van der Waals surface area contributed by atoms with Gasteiger partial charge >= 0.3 is 0 Å². The van der Waals surface area contributed by atoms with E-state index in [1.165, 1.54) is 0 Å². The Hall–Kier alpha value is 0.0969. The van der Waals surface area contributed by atoms with Gasteiger partial charge in [-0.3, -0.25) is 0 Å². The summed E-state index contributed by atoms with van der Waals surface area (Å²) in [5.41, 5.74) is 0.435. The molecule has 0 saturated heterocycles. The summed E-state index contributed by atoms with van der Waals surface area (Å²) < 4.78 is 10.6. The predicted molar refractivity (Wildman–Crippen MR) is 49.5 cm³/mol. The Morgan fingerprint density at radius 3 is 2.36 bits per heavy atom. The predicted octanol–water partition coefficient (Wildman–Crippen LogP) is 0.0546. The van der Waals surface area contributed by atoms with E-state index < -0.39 is 9.76 Å². The summed E-state index contributed by atoms with van der Waals surface area (Å²) in [5, 5.41) is 0. The SMILES string of the molecule is CCCOC(CC)[SiH2]OC.O. The van der Waals surface area contributed by atoms with Crippen molar-refractivity contribution in [1.82, 2.24) is 0 Å². The van der Waals surface area contributed by atoms with Gasteiger partial charge in [0.15, 0.2) is 9.76 Å². The third-order valence-corrected chi connectivity index (χ3v) is 2.88. The maximum Gasteiger partial charge on any atom is 0.189 e. The van der Waals surface area contributed by atoms with Crippen LogP contribution in [0.2, 0.25) is 0 Å². The molecule has 2 N–H and O–H groups in total. The quantitative estimate of drug-likeness (QED) is 0.543. The Morgan fingerprint density at radius 1 is 1.36 bits per heavy atom. The van der Waals surface area contributed by atoms with Gasteiger partial charge in [0.2, 0.25) is 0 Å². The van der Waals surface area contributed by atoms with Crippen LogP contribution in [0, 0.1) is 0 Å². The maximum atomic E-state index is 5.52. The van der Waals surface area contributed by atoms with Crippen molar-refractivity contribution in [3.8, 4) is 0 Å². The van der Waals surface area contributed by atoms with E-state index in [4.69, 9.17) is 9.16 Å². The van der Waals surface area contributed by atoms with Gasteiger partial charge < -0.3 is 14.6 Å². The molecule has 0 aromatic rings. The van der Waals surface area contributed by atoms with Gasteiger partial charge in [-0.2, -0.15) is 0 Å². The second kappa shape index (κ2) is 10.1. The van der Waals surface area contributed by atoms with Gasteiger partial charge in [-0.25, -0.2) is 0 Å². The molecule has 0 rings (SSSR count). The average molecular weight is 180 g/mol. The van der Waals surface area contributed by atoms with Crippen molar-refractivity contribution in [2.24, 2.45) is 0 Å². The van der Waals surface area contributed by atoms with E-state index in [0.717, 1.165) is 19.4 Å². The van der Waals surface area contributed by atoms with Crippen LogP contribution < -0.4 is 0 Å². The zero-order chi connectivity index (χ0) is 7.82. The van der Waals surface area contributed by atoms with E-state index in [0.29, 0.717) is 5.73 Å². The van der Waals surface area contributed by atoms with Gasteiger partial charge in [-0.1, -0.05) is 13.8 Å². The van der Waals surface area contributed by atoms with Crippen molar-refractivity contribution in [3.05, 3.63) is 0 Å². The fraction of sp³-hybridized carbons (Fsp3) is 1.00. The zero-order valence-corrected chi connectivity index (χ0v) is 9.14. The van der Waals surface area contributed by atoms with Crippen LogP contribution in [0.4, 0.5) is 0 Å². The lowest BCUT2D eigenvalue weighted by atomic mass is 10.5. The Bertz CT molecular complexity index is 70.7. The molecule has 0 aromatic heterocycles. The van der Waals surface area contributed by atoms with Gasteiger partial charge in [0.1, 0.15) is 0 Å². The summed E-state index contributed by atoms with van der Waals surface area (Å²) in [4.78, 5) is 0. The van der Waals surface area contributed by atoms with Crippen molar-refractivity contribution in [2.45, 2.75) is 32.4 Å². The van der Waals surface area contributed by atoms with E-state index in [-0.39, 0.29) is 5.48 Å². The Morgan fingerprint density at radius 2 is 2.00 bits per heavy atom. The summed E-state index contributed by atoms with van der Waals surface area (Å²) in [5.74, 6) is 0. The number of hydrogen-bond donors (Lipinski definition) is 0. The molecule has 4 heteroatoms. The number of hydrogen-bond acceptors (Lipinski definition) is 2. The van der Waals surface area contributed by atoms with Crippen molar-refractivity contribution in [1.29, 1.82) is 0 Å². The van der Waals surface area contributed by atoms with Gasteiger partial charge in [-0.15, -0.1) is 0 Å². The van der Waals surface area contributed by atoms with E-state index in [9.17, 15) is 0 Å². The van der Waals surface area contributed by atoms with E-state index in [1.54, 1.807) is 7.11 Å². The zero-order valence-electron chi connectivity index (χ0n) is 7.72. The van der Waals surface area contributed by atoms with Crippen LogP contribution in [0.25, 0.3) is 0 Å². The first-order valence-corrected chi connectivity index (χ1v) is 5.35. The molecule has 70 valence electrons. The lowest BCUT2D eigenvalue weighted by Crippen LogP contribution is -2.21. The second-order valence-corrected chi connectivity index (χ2v) is 4.18. The first-order chi connectivity index (χ1) is 4.85. The highest BCUT2D eigenvalue weighted by Crippen LogP contribution is 1.96. The average Bonchev–Trinajstić information content (AvgIpc) is 1.98. The third-order valence-electron chi connectivity index (χ3n) is 1.37. The highest BCUT2D eigenvalue weighted by Gasteiger charge is 2.04. The molecule has 0 aromatic carbocycles. The number of ether oxygens (including phenoxy) is 1. The fourth-order valence-corrected chi connectivity index (χ4v) is 1.62. The standard InChI is InChI=1S/C7H18O2Si.H2O/c1-4-6-9-7(5-2)10-8-3;/h7H,4-6,10H2,1-3H3;1H2. The van der Waals surface area contributed by atoms with E-state index >= 15 is 0 Å². The van der Waals surface area contributed by atoms with Crippen LogP contribution in [0.3, 0.4) is 0 Å². The summed E-state index contributed by atoms with van der Waals surface area (Å²) >= 11 is 0. The van der Waals surface area contributed by atoms with Crippen LogP contribution in [-0.4, -0.2) is 34.7 Å². The lowest BCUT2D eigenvalue weighted by molar-refractivity contribution is 0.0934. The van der Waals surface area contributed by atoms with Crippen LogP contribution in [0.5, 0.6) is 0 Å². The molecule has 0 aliphatic carbocycles. The molecule has 0 spiro atoms. The molecule has 1 unspecified atom stereocenters. The Balaban J connectivity index is 0. The molecule has 0 aliphatic rings. The largest absolute Gasteiger partial charge is 0.424 e. The molecular weight excluding hydrogens is 160 g/mol. The smallest absolute Gasteiger partial charge is 0.189 e. The molecule has 1 atom stereocenters. The second-order valence-electron chi connectivity index (χ2n) is 2.36. The minimum atomic E-state index is -0.407. The van der Waals surface area contributed by atoms with Gasteiger partial charge in [0.25, 0.3) is 0 Å².